The van der Waals surface area contributed by atoms with Crippen LogP contribution in [0.1, 0.15) is 5.56 Å². The van der Waals surface area contributed by atoms with Gasteiger partial charge in [0, 0.05) is 11.4 Å². The number of rotatable bonds is 2. The van der Waals surface area contributed by atoms with Crippen LogP contribution in [0.5, 0.6) is 0 Å². The van der Waals surface area contributed by atoms with E-state index in [1.165, 1.54) is 12.1 Å². The number of hydrogen-bond donors (Lipinski definition) is 2. The summed E-state index contributed by atoms with van der Waals surface area (Å²) in [4.78, 5) is 0. The lowest BCUT2D eigenvalue weighted by Gasteiger charge is -2.15. The Morgan fingerprint density at radius 1 is 0.944 bits per heavy atom. The van der Waals surface area contributed by atoms with E-state index in [-0.39, 0.29) is 11.4 Å². The van der Waals surface area contributed by atoms with Crippen LogP contribution in [0.2, 0.25) is 0 Å². The molecule has 0 unspecified atom stereocenters. The lowest BCUT2D eigenvalue weighted by Crippen LogP contribution is -2.09. The average Bonchev–Trinajstić information content (AvgIpc) is 2.31. The quantitative estimate of drug-likeness (QED) is 0.792. The van der Waals surface area contributed by atoms with Gasteiger partial charge in [0.05, 0.1) is 11.3 Å². The summed E-state index contributed by atoms with van der Waals surface area (Å²) in [7, 11) is 0. The molecule has 2 aromatic rings. The molecular formula is C13H11F3N2. The molecule has 0 bridgehead atoms. The van der Waals surface area contributed by atoms with E-state index in [0.717, 1.165) is 6.07 Å². The van der Waals surface area contributed by atoms with Crippen molar-refractivity contribution in [2.24, 2.45) is 0 Å². The summed E-state index contributed by atoms with van der Waals surface area (Å²) in [5.74, 6) is 0. The normalized spacial score (nSPS) is 11.3. The minimum atomic E-state index is -4.44. The molecule has 0 radical (unpaired) electrons. The highest BCUT2D eigenvalue weighted by molar-refractivity contribution is 5.66. The molecule has 0 amide bonds. The van der Waals surface area contributed by atoms with Gasteiger partial charge in [0.25, 0.3) is 0 Å². The van der Waals surface area contributed by atoms with Crippen molar-refractivity contribution in [3.63, 3.8) is 0 Å². The van der Waals surface area contributed by atoms with Gasteiger partial charge in [-0.2, -0.15) is 13.2 Å². The van der Waals surface area contributed by atoms with Crippen molar-refractivity contribution < 1.29 is 13.2 Å². The van der Waals surface area contributed by atoms with Crippen LogP contribution >= 0.6 is 0 Å². The number of nitrogens with one attached hydrogen (secondary N) is 1. The van der Waals surface area contributed by atoms with Crippen LogP contribution in [0.25, 0.3) is 0 Å². The van der Waals surface area contributed by atoms with Gasteiger partial charge in [-0.25, -0.2) is 0 Å². The van der Waals surface area contributed by atoms with Crippen molar-refractivity contribution in [1.82, 2.24) is 0 Å². The summed E-state index contributed by atoms with van der Waals surface area (Å²) in [5.41, 5.74) is 5.28. The van der Waals surface area contributed by atoms with Crippen molar-refractivity contribution in [1.29, 1.82) is 0 Å². The number of para-hydroxylation sites is 1. The van der Waals surface area contributed by atoms with Gasteiger partial charge in [0.15, 0.2) is 0 Å². The predicted molar refractivity (Wildman–Crippen MR) is 65.6 cm³/mol. The molecule has 0 heterocycles. The van der Waals surface area contributed by atoms with E-state index in [9.17, 15) is 13.2 Å². The number of nitrogens with two attached hydrogens (primary N) is 1. The lowest BCUT2D eigenvalue weighted by atomic mass is 10.1. The van der Waals surface area contributed by atoms with E-state index in [4.69, 9.17) is 5.73 Å². The second-order valence-corrected chi connectivity index (χ2v) is 3.79. The summed E-state index contributed by atoms with van der Waals surface area (Å²) < 4.78 is 38.5. The molecule has 0 aliphatic heterocycles. The molecule has 0 spiro atoms. The third-order valence-corrected chi connectivity index (χ3v) is 2.40. The van der Waals surface area contributed by atoms with Gasteiger partial charge >= 0.3 is 6.18 Å². The molecule has 2 aromatic carbocycles. The van der Waals surface area contributed by atoms with Gasteiger partial charge in [-0.05, 0) is 30.3 Å². The Bertz CT molecular complexity index is 536. The van der Waals surface area contributed by atoms with E-state index >= 15 is 0 Å². The van der Waals surface area contributed by atoms with E-state index in [1.54, 1.807) is 30.3 Å². The number of alkyl halides is 3. The Kier molecular flexibility index (Phi) is 3.14. The minimum absolute atomic E-state index is 0.0112. The van der Waals surface area contributed by atoms with Gasteiger partial charge in [0.1, 0.15) is 0 Å². The maximum atomic E-state index is 12.8. The second kappa shape index (κ2) is 4.60. The fourth-order valence-electron chi connectivity index (χ4n) is 1.58. The Morgan fingerprint density at radius 2 is 1.61 bits per heavy atom. The Balaban J connectivity index is 2.39. The second-order valence-electron chi connectivity index (χ2n) is 3.79. The zero-order valence-corrected chi connectivity index (χ0v) is 9.33. The summed E-state index contributed by atoms with van der Waals surface area (Å²) in [6.07, 6.45) is -4.44. The van der Waals surface area contributed by atoms with Crippen molar-refractivity contribution >= 4 is 17.1 Å². The molecule has 0 aliphatic carbocycles. The standard InChI is InChI=1S/C13H11F3N2/c14-13(15,16)11-8-9(17)6-7-12(11)18-10-4-2-1-3-5-10/h1-8,18H,17H2. The summed E-state index contributed by atoms with van der Waals surface area (Å²) in [5, 5.41) is 2.73. The van der Waals surface area contributed by atoms with E-state index < -0.39 is 11.7 Å². The number of halogens is 3. The Labute approximate surface area is 102 Å². The minimum Gasteiger partial charge on any atom is -0.399 e. The first-order valence-corrected chi connectivity index (χ1v) is 5.25. The molecule has 5 heteroatoms. The number of benzene rings is 2. The van der Waals surface area contributed by atoms with Crippen LogP contribution in [0.3, 0.4) is 0 Å². The number of anilines is 3. The molecule has 2 nitrogen and oxygen atoms in total. The topological polar surface area (TPSA) is 38.0 Å². The summed E-state index contributed by atoms with van der Waals surface area (Å²) in [6.45, 7) is 0. The molecular weight excluding hydrogens is 241 g/mol. The molecule has 3 N–H and O–H groups in total. The lowest BCUT2D eigenvalue weighted by molar-refractivity contribution is -0.136. The van der Waals surface area contributed by atoms with Crippen molar-refractivity contribution in [2.75, 3.05) is 11.1 Å². The van der Waals surface area contributed by atoms with Crippen LogP contribution in [-0.2, 0) is 6.18 Å². The van der Waals surface area contributed by atoms with E-state index in [0.29, 0.717) is 5.69 Å². The van der Waals surface area contributed by atoms with Crippen LogP contribution in [0.15, 0.2) is 48.5 Å². The third-order valence-electron chi connectivity index (χ3n) is 2.40. The first-order valence-electron chi connectivity index (χ1n) is 5.25. The van der Waals surface area contributed by atoms with Crippen LogP contribution < -0.4 is 11.1 Å². The first-order chi connectivity index (χ1) is 8.47. The fraction of sp³-hybridized carbons (Fsp3) is 0.0769. The van der Waals surface area contributed by atoms with Gasteiger partial charge in [-0.15, -0.1) is 0 Å². The van der Waals surface area contributed by atoms with Gasteiger partial charge in [0.2, 0.25) is 0 Å². The zero-order valence-electron chi connectivity index (χ0n) is 9.33. The van der Waals surface area contributed by atoms with Crippen molar-refractivity contribution in [3.05, 3.63) is 54.1 Å². The molecule has 2 rings (SSSR count). The monoisotopic (exact) mass is 252 g/mol. The largest absolute Gasteiger partial charge is 0.418 e. The highest BCUT2D eigenvalue weighted by atomic mass is 19.4. The molecule has 0 aliphatic rings. The van der Waals surface area contributed by atoms with Crippen LogP contribution in [-0.4, -0.2) is 0 Å². The molecule has 0 fully saturated rings. The number of nitrogen functional groups attached to an aromatic ring is 1. The van der Waals surface area contributed by atoms with Gasteiger partial charge in [-0.1, -0.05) is 18.2 Å². The summed E-state index contributed by atoms with van der Waals surface area (Å²) in [6, 6.07) is 12.3. The Hall–Kier alpha value is -2.17. The van der Waals surface area contributed by atoms with Gasteiger partial charge < -0.3 is 11.1 Å². The third kappa shape index (κ3) is 2.74. The van der Waals surface area contributed by atoms with E-state index in [1.807, 2.05) is 0 Å². The van der Waals surface area contributed by atoms with E-state index in [2.05, 4.69) is 5.32 Å². The van der Waals surface area contributed by atoms with Crippen molar-refractivity contribution in [2.45, 2.75) is 6.18 Å². The fourth-order valence-corrected chi connectivity index (χ4v) is 1.58. The van der Waals surface area contributed by atoms with Gasteiger partial charge in [-0.3, -0.25) is 0 Å². The Morgan fingerprint density at radius 3 is 2.22 bits per heavy atom. The molecule has 0 atom stereocenters. The van der Waals surface area contributed by atoms with Crippen LogP contribution in [0.4, 0.5) is 30.2 Å². The smallest absolute Gasteiger partial charge is 0.399 e. The average molecular weight is 252 g/mol. The highest BCUT2D eigenvalue weighted by Gasteiger charge is 2.33. The highest BCUT2D eigenvalue weighted by Crippen LogP contribution is 2.37. The summed E-state index contributed by atoms with van der Waals surface area (Å²) >= 11 is 0. The SMILES string of the molecule is Nc1ccc(Nc2ccccc2)c(C(F)(F)F)c1. The van der Waals surface area contributed by atoms with Crippen LogP contribution in [0, 0.1) is 0 Å². The first kappa shape index (κ1) is 12.3. The predicted octanol–water partition coefficient (Wildman–Crippen LogP) is 4.03. The molecule has 94 valence electrons. The zero-order chi connectivity index (χ0) is 13.2. The van der Waals surface area contributed by atoms with Crippen molar-refractivity contribution in [3.8, 4) is 0 Å². The maximum Gasteiger partial charge on any atom is 0.418 e. The maximum absolute atomic E-state index is 12.8. The number of hydrogen-bond acceptors (Lipinski definition) is 2. The molecule has 0 saturated heterocycles. The molecule has 0 saturated carbocycles. The molecule has 0 aromatic heterocycles. The molecule has 18 heavy (non-hydrogen) atoms.